The Labute approximate surface area is 109 Å². The van der Waals surface area contributed by atoms with Crippen LogP contribution in [0.1, 0.15) is 10.4 Å². The molecule has 0 saturated heterocycles. The van der Waals surface area contributed by atoms with Gasteiger partial charge in [-0.3, -0.25) is 9.78 Å². The zero-order chi connectivity index (χ0) is 13.8. The van der Waals surface area contributed by atoms with Gasteiger partial charge in [-0.1, -0.05) is 6.07 Å². The van der Waals surface area contributed by atoms with E-state index in [1.54, 1.807) is 12.1 Å². The molecular formula is C14H11NO4. The van der Waals surface area contributed by atoms with Crippen LogP contribution in [0.25, 0.3) is 10.9 Å². The summed E-state index contributed by atoms with van der Waals surface area (Å²) >= 11 is 0. The van der Waals surface area contributed by atoms with Crippen molar-refractivity contribution in [3.05, 3.63) is 48.2 Å². The highest BCUT2D eigenvalue weighted by molar-refractivity contribution is 6.14. The van der Waals surface area contributed by atoms with E-state index in [1.807, 2.05) is 0 Å². The number of fused-ring (bicyclic) bond motifs is 1. The summed E-state index contributed by atoms with van der Waals surface area (Å²) in [6, 6.07) is 6.24. The fourth-order valence-corrected chi connectivity index (χ4v) is 1.67. The van der Waals surface area contributed by atoms with Gasteiger partial charge in [0.15, 0.2) is 5.78 Å². The number of rotatable bonds is 3. The predicted molar refractivity (Wildman–Crippen MR) is 68.9 cm³/mol. The van der Waals surface area contributed by atoms with Crippen molar-refractivity contribution in [2.45, 2.75) is 0 Å². The van der Waals surface area contributed by atoms with Crippen LogP contribution in [0.2, 0.25) is 0 Å². The number of nitrogens with zero attached hydrogens (tertiary/aromatic N) is 1. The molecule has 0 fully saturated rings. The van der Waals surface area contributed by atoms with Crippen molar-refractivity contribution in [1.29, 1.82) is 0 Å². The summed E-state index contributed by atoms with van der Waals surface area (Å²) in [6.07, 6.45) is 3.71. The third-order valence-corrected chi connectivity index (χ3v) is 2.59. The summed E-state index contributed by atoms with van der Waals surface area (Å²) in [7, 11) is 1.23. The van der Waals surface area contributed by atoms with E-state index in [9.17, 15) is 14.7 Å². The number of hydrogen-bond acceptors (Lipinski definition) is 5. The highest BCUT2D eigenvalue weighted by atomic mass is 16.5. The fourth-order valence-electron chi connectivity index (χ4n) is 1.67. The molecule has 96 valence electrons. The Hall–Kier alpha value is -2.69. The molecule has 1 N–H and O–H groups in total. The van der Waals surface area contributed by atoms with Crippen LogP contribution in [-0.2, 0) is 9.53 Å². The van der Waals surface area contributed by atoms with Crippen LogP contribution in [0.3, 0.4) is 0 Å². The van der Waals surface area contributed by atoms with Crippen molar-refractivity contribution < 1.29 is 19.4 Å². The molecule has 0 bridgehead atoms. The predicted octanol–water partition coefficient (Wildman–Crippen LogP) is 1.85. The standard InChI is InChI=1S/C14H11NO4/c1-19-13(18)7-6-11(16)9-4-5-12(17)14-10(9)3-2-8-15-14/h2-8,17H,1H3/b7-6+. The number of carbonyl (C=O) groups excluding carboxylic acids is 2. The van der Waals surface area contributed by atoms with Crippen LogP contribution in [0.5, 0.6) is 5.75 Å². The van der Waals surface area contributed by atoms with Gasteiger partial charge in [0.1, 0.15) is 11.3 Å². The summed E-state index contributed by atoms with van der Waals surface area (Å²) < 4.78 is 4.41. The monoisotopic (exact) mass is 257 g/mol. The molecule has 1 heterocycles. The lowest BCUT2D eigenvalue weighted by Crippen LogP contribution is -2.00. The van der Waals surface area contributed by atoms with Crippen molar-refractivity contribution in [2.24, 2.45) is 0 Å². The van der Waals surface area contributed by atoms with Gasteiger partial charge in [-0.15, -0.1) is 0 Å². The van der Waals surface area contributed by atoms with Crippen LogP contribution >= 0.6 is 0 Å². The molecule has 0 aliphatic rings. The van der Waals surface area contributed by atoms with Crippen molar-refractivity contribution >= 4 is 22.7 Å². The van der Waals surface area contributed by atoms with Gasteiger partial charge in [-0.2, -0.15) is 0 Å². The van der Waals surface area contributed by atoms with Gasteiger partial charge in [0.2, 0.25) is 0 Å². The number of phenols is 1. The van der Waals surface area contributed by atoms with E-state index in [0.29, 0.717) is 16.5 Å². The molecule has 0 atom stereocenters. The van der Waals surface area contributed by atoms with Crippen LogP contribution in [0.15, 0.2) is 42.6 Å². The number of aromatic nitrogens is 1. The minimum Gasteiger partial charge on any atom is -0.506 e. The highest BCUT2D eigenvalue weighted by Gasteiger charge is 2.11. The molecule has 0 saturated carbocycles. The van der Waals surface area contributed by atoms with Gasteiger partial charge in [0.25, 0.3) is 0 Å². The Bertz CT molecular complexity index is 676. The Morgan fingerprint density at radius 1 is 1.26 bits per heavy atom. The maximum absolute atomic E-state index is 12.0. The molecule has 5 nitrogen and oxygen atoms in total. The van der Waals surface area contributed by atoms with Crippen molar-refractivity contribution in [2.75, 3.05) is 7.11 Å². The third-order valence-electron chi connectivity index (χ3n) is 2.59. The summed E-state index contributed by atoms with van der Waals surface area (Å²) in [6.45, 7) is 0. The molecule has 2 aromatic rings. The largest absolute Gasteiger partial charge is 0.506 e. The number of carbonyl (C=O) groups is 2. The first-order valence-electron chi connectivity index (χ1n) is 5.50. The number of hydrogen-bond donors (Lipinski definition) is 1. The van der Waals surface area contributed by atoms with Crippen molar-refractivity contribution in [3.8, 4) is 5.75 Å². The second-order valence-electron chi connectivity index (χ2n) is 3.75. The molecule has 1 aromatic heterocycles. The van der Waals surface area contributed by atoms with Gasteiger partial charge in [-0.05, 0) is 24.3 Å². The molecule has 0 aliphatic carbocycles. The summed E-state index contributed by atoms with van der Waals surface area (Å²) in [5, 5.41) is 10.2. The molecule has 0 aliphatic heterocycles. The zero-order valence-electron chi connectivity index (χ0n) is 10.2. The Kier molecular flexibility index (Phi) is 3.56. The Balaban J connectivity index is 2.46. The van der Waals surface area contributed by atoms with E-state index < -0.39 is 5.97 Å². The Morgan fingerprint density at radius 2 is 2.05 bits per heavy atom. The minimum absolute atomic E-state index is 0.00379. The van der Waals surface area contributed by atoms with Gasteiger partial charge in [0, 0.05) is 23.2 Å². The second kappa shape index (κ2) is 5.30. The van der Waals surface area contributed by atoms with Crippen molar-refractivity contribution in [1.82, 2.24) is 4.98 Å². The van der Waals surface area contributed by atoms with E-state index >= 15 is 0 Å². The maximum atomic E-state index is 12.0. The number of ketones is 1. The number of aromatic hydroxyl groups is 1. The molecular weight excluding hydrogens is 246 g/mol. The van der Waals surface area contributed by atoms with Crippen LogP contribution in [0, 0.1) is 0 Å². The van der Waals surface area contributed by atoms with E-state index in [2.05, 4.69) is 9.72 Å². The molecule has 0 unspecified atom stereocenters. The molecule has 5 heteroatoms. The normalized spacial score (nSPS) is 10.8. The van der Waals surface area contributed by atoms with Gasteiger partial charge in [0.05, 0.1) is 7.11 Å². The van der Waals surface area contributed by atoms with Crippen molar-refractivity contribution in [3.63, 3.8) is 0 Å². The number of ether oxygens (including phenoxy) is 1. The second-order valence-corrected chi connectivity index (χ2v) is 3.75. The summed E-state index contributed by atoms with van der Waals surface area (Å²) in [5.41, 5.74) is 0.709. The first-order valence-corrected chi connectivity index (χ1v) is 5.50. The van der Waals surface area contributed by atoms with Gasteiger partial charge in [-0.25, -0.2) is 4.79 Å². The lowest BCUT2D eigenvalue weighted by atomic mass is 10.0. The SMILES string of the molecule is COC(=O)/C=C/C(=O)c1ccc(O)c2ncccc12. The summed E-state index contributed by atoms with van der Waals surface area (Å²) in [5.74, 6) is -0.956. The fraction of sp³-hybridized carbons (Fsp3) is 0.0714. The number of benzene rings is 1. The lowest BCUT2D eigenvalue weighted by Gasteiger charge is -2.04. The summed E-state index contributed by atoms with van der Waals surface area (Å²) in [4.78, 5) is 27.0. The minimum atomic E-state index is -0.602. The first kappa shape index (κ1) is 12.8. The van der Waals surface area contributed by atoms with E-state index in [0.717, 1.165) is 12.2 Å². The molecule has 0 radical (unpaired) electrons. The lowest BCUT2D eigenvalue weighted by molar-refractivity contribution is -0.134. The zero-order valence-corrected chi connectivity index (χ0v) is 10.2. The average molecular weight is 257 g/mol. The van der Waals surface area contributed by atoms with E-state index in [1.165, 1.54) is 25.4 Å². The number of phenolic OH excluding ortho intramolecular Hbond substituents is 1. The number of esters is 1. The van der Waals surface area contributed by atoms with E-state index in [-0.39, 0.29) is 11.5 Å². The van der Waals surface area contributed by atoms with E-state index in [4.69, 9.17) is 0 Å². The van der Waals surface area contributed by atoms with Crippen LogP contribution < -0.4 is 0 Å². The number of allylic oxidation sites excluding steroid dienone is 1. The maximum Gasteiger partial charge on any atom is 0.330 e. The van der Waals surface area contributed by atoms with Crippen LogP contribution in [0.4, 0.5) is 0 Å². The topological polar surface area (TPSA) is 76.5 Å². The molecule has 2 rings (SSSR count). The third kappa shape index (κ3) is 2.60. The van der Waals surface area contributed by atoms with Crippen LogP contribution in [-0.4, -0.2) is 29.0 Å². The first-order chi connectivity index (χ1) is 9.13. The molecule has 0 spiro atoms. The molecule has 19 heavy (non-hydrogen) atoms. The quantitative estimate of drug-likeness (QED) is 0.516. The highest BCUT2D eigenvalue weighted by Crippen LogP contribution is 2.25. The number of methoxy groups -OCH3 is 1. The average Bonchev–Trinajstić information content (AvgIpc) is 2.45. The smallest absolute Gasteiger partial charge is 0.330 e. The molecule has 1 aromatic carbocycles. The van der Waals surface area contributed by atoms with Gasteiger partial charge < -0.3 is 9.84 Å². The van der Waals surface area contributed by atoms with Gasteiger partial charge >= 0.3 is 5.97 Å². The number of pyridine rings is 1. The Morgan fingerprint density at radius 3 is 2.79 bits per heavy atom. The molecule has 0 amide bonds.